The molecule has 20 heavy (non-hydrogen) atoms. The van der Waals surface area contributed by atoms with Crippen molar-refractivity contribution >= 4 is 16.0 Å². The van der Waals surface area contributed by atoms with Gasteiger partial charge in [-0.05, 0) is 12.1 Å². The second kappa shape index (κ2) is 5.75. The summed E-state index contributed by atoms with van der Waals surface area (Å²) in [5.74, 6) is -1.26. The first kappa shape index (κ1) is 16.4. The highest BCUT2D eigenvalue weighted by Gasteiger charge is 2.39. The number of hydrogen-bond donors (Lipinski definition) is 1. The van der Waals surface area contributed by atoms with Crippen LogP contribution in [0.15, 0.2) is 23.2 Å². The van der Waals surface area contributed by atoms with E-state index in [1.54, 1.807) is 0 Å². The van der Waals surface area contributed by atoms with Gasteiger partial charge in [0.05, 0.1) is 6.42 Å². The Labute approximate surface area is 112 Å². The molecule has 0 saturated carbocycles. The van der Waals surface area contributed by atoms with Gasteiger partial charge in [0.1, 0.15) is 4.90 Å². The first-order valence-electron chi connectivity index (χ1n) is 5.27. The summed E-state index contributed by atoms with van der Waals surface area (Å²) >= 11 is 0. The maximum absolute atomic E-state index is 12.7. The minimum atomic E-state index is -4.92. The number of carboxylic acids is 1. The van der Waals surface area contributed by atoms with E-state index >= 15 is 0 Å². The molecular weight excluding hydrogens is 301 g/mol. The van der Waals surface area contributed by atoms with Crippen molar-refractivity contribution in [2.24, 2.45) is 0 Å². The van der Waals surface area contributed by atoms with Crippen LogP contribution in [0.2, 0.25) is 0 Å². The lowest BCUT2D eigenvalue weighted by molar-refractivity contribution is -0.143. The lowest BCUT2D eigenvalue weighted by Crippen LogP contribution is -2.31. The number of nitrogens with zero attached hydrogens (tertiary/aromatic N) is 2. The highest BCUT2D eigenvalue weighted by molar-refractivity contribution is 7.89. The van der Waals surface area contributed by atoms with Gasteiger partial charge in [-0.2, -0.15) is 13.2 Å². The maximum Gasteiger partial charge on any atom is 0.434 e. The molecule has 0 radical (unpaired) electrons. The number of hydrogen-bond acceptors (Lipinski definition) is 4. The Morgan fingerprint density at radius 1 is 1.45 bits per heavy atom. The third-order valence-corrected chi connectivity index (χ3v) is 4.26. The van der Waals surface area contributed by atoms with E-state index < -0.39 is 45.7 Å². The molecule has 0 aliphatic carbocycles. The summed E-state index contributed by atoms with van der Waals surface area (Å²) in [7, 11) is -3.46. The molecule has 112 valence electrons. The van der Waals surface area contributed by atoms with E-state index in [1.807, 2.05) is 0 Å². The first-order chi connectivity index (χ1) is 9.06. The first-order valence-corrected chi connectivity index (χ1v) is 6.71. The van der Waals surface area contributed by atoms with Gasteiger partial charge in [-0.1, -0.05) is 0 Å². The quantitative estimate of drug-likeness (QED) is 0.882. The minimum absolute atomic E-state index is 0.441. The number of carboxylic acid groups (broad SMARTS) is 1. The molecule has 0 aromatic carbocycles. The van der Waals surface area contributed by atoms with Gasteiger partial charge in [-0.25, -0.2) is 12.7 Å². The number of halogens is 3. The molecule has 0 aliphatic rings. The third-order valence-electron chi connectivity index (χ3n) is 2.37. The Hall–Kier alpha value is -1.68. The number of alkyl halides is 3. The van der Waals surface area contributed by atoms with E-state index in [-0.39, 0.29) is 0 Å². The number of pyridine rings is 1. The van der Waals surface area contributed by atoms with E-state index in [2.05, 4.69) is 4.98 Å². The van der Waals surface area contributed by atoms with Crippen molar-refractivity contribution in [3.63, 3.8) is 0 Å². The summed E-state index contributed by atoms with van der Waals surface area (Å²) in [6.07, 6.45) is -4.60. The van der Waals surface area contributed by atoms with Crippen LogP contribution in [0.4, 0.5) is 13.2 Å². The topological polar surface area (TPSA) is 87.6 Å². The average Bonchev–Trinajstić information content (AvgIpc) is 2.34. The van der Waals surface area contributed by atoms with Gasteiger partial charge in [-0.3, -0.25) is 9.78 Å². The fraction of sp³-hybridized carbons (Fsp3) is 0.400. The molecule has 0 bridgehead atoms. The van der Waals surface area contributed by atoms with Gasteiger partial charge < -0.3 is 5.11 Å². The van der Waals surface area contributed by atoms with E-state index in [9.17, 15) is 26.4 Å². The molecule has 1 N–H and O–H groups in total. The smallest absolute Gasteiger partial charge is 0.434 e. The van der Waals surface area contributed by atoms with Crippen molar-refractivity contribution in [3.8, 4) is 0 Å². The molecule has 1 aromatic rings. The summed E-state index contributed by atoms with van der Waals surface area (Å²) in [5, 5.41) is 8.47. The zero-order valence-electron chi connectivity index (χ0n) is 10.3. The molecule has 1 rings (SSSR count). The Bertz CT molecular complexity index is 601. The monoisotopic (exact) mass is 312 g/mol. The van der Waals surface area contributed by atoms with E-state index in [4.69, 9.17) is 5.11 Å². The molecule has 0 atom stereocenters. The number of rotatable bonds is 5. The van der Waals surface area contributed by atoms with Gasteiger partial charge in [0.2, 0.25) is 10.0 Å². The van der Waals surface area contributed by atoms with Crippen LogP contribution in [0.25, 0.3) is 0 Å². The number of aliphatic carboxylic acids is 1. The number of carbonyl (C=O) groups is 1. The molecule has 0 aliphatic heterocycles. The number of sulfonamides is 1. The van der Waals surface area contributed by atoms with Crippen molar-refractivity contribution < 1.29 is 31.5 Å². The van der Waals surface area contributed by atoms with Crippen LogP contribution in [0, 0.1) is 0 Å². The van der Waals surface area contributed by atoms with Crippen molar-refractivity contribution in [1.29, 1.82) is 0 Å². The lowest BCUT2D eigenvalue weighted by Gasteiger charge is -2.18. The van der Waals surface area contributed by atoms with Crippen LogP contribution in [-0.2, 0) is 21.0 Å². The molecular formula is C10H11F3N2O4S. The van der Waals surface area contributed by atoms with E-state index in [0.29, 0.717) is 4.31 Å². The van der Waals surface area contributed by atoms with Crippen LogP contribution in [-0.4, -0.2) is 42.4 Å². The molecule has 6 nitrogen and oxygen atoms in total. The van der Waals surface area contributed by atoms with Crippen LogP contribution in [0.3, 0.4) is 0 Å². The molecule has 0 fully saturated rings. The van der Waals surface area contributed by atoms with Crippen molar-refractivity contribution in [2.75, 3.05) is 13.6 Å². The molecule has 1 heterocycles. The number of aromatic nitrogens is 1. The Balaban J connectivity index is 3.20. The van der Waals surface area contributed by atoms with Crippen LogP contribution < -0.4 is 0 Å². The Morgan fingerprint density at radius 3 is 2.55 bits per heavy atom. The van der Waals surface area contributed by atoms with Crippen LogP contribution >= 0.6 is 0 Å². The largest absolute Gasteiger partial charge is 0.481 e. The predicted octanol–water partition coefficient (Wildman–Crippen LogP) is 1.20. The third kappa shape index (κ3) is 3.67. The zero-order chi connectivity index (χ0) is 15.6. The summed E-state index contributed by atoms with van der Waals surface area (Å²) in [6.45, 7) is -0.441. The van der Waals surface area contributed by atoms with E-state index in [1.165, 1.54) is 0 Å². The minimum Gasteiger partial charge on any atom is -0.481 e. The Morgan fingerprint density at radius 2 is 2.05 bits per heavy atom. The normalized spacial score (nSPS) is 12.7. The molecule has 10 heteroatoms. The van der Waals surface area contributed by atoms with Gasteiger partial charge in [-0.15, -0.1) is 0 Å². The highest BCUT2D eigenvalue weighted by Crippen LogP contribution is 2.33. The molecule has 0 unspecified atom stereocenters. The van der Waals surface area contributed by atoms with Crippen molar-refractivity contribution in [2.45, 2.75) is 17.5 Å². The SMILES string of the molecule is CN(CCC(=O)O)S(=O)(=O)c1cccnc1C(F)(F)F. The fourth-order valence-electron chi connectivity index (χ4n) is 1.35. The molecule has 0 saturated heterocycles. The van der Waals surface area contributed by atoms with Crippen LogP contribution in [0.1, 0.15) is 12.1 Å². The van der Waals surface area contributed by atoms with Crippen molar-refractivity contribution in [3.05, 3.63) is 24.0 Å². The summed E-state index contributed by atoms with van der Waals surface area (Å²) in [4.78, 5) is 12.4. The van der Waals surface area contributed by atoms with Gasteiger partial charge in [0.25, 0.3) is 0 Å². The standard InChI is InChI=1S/C10H11F3N2O4S/c1-15(6-4-8(16)17)20(18,19)7-3-2-5-14-9(7)10(11,12)13/h2-3,5H,4,6H2,1H3,(H,16,17). The Kier molecular flexibility index (Phi) is 4.71. The van der Waals surface area contributed by atoms with Gasteiger partial charge in [0.15, 0.2) is 5.69 Å². The highest BCUT2D eigenvalue weighted by atomic mass is 32.2. The summed E-state index contributed by atoms with van der Waals surface area (Å²) < 4.78 is 62.7. The average molecular weight is 312 g/mol. The summed E-state index contributed by atoms with van der Waals surface area (Å²) in [6, 6.07) is 1.84. The molecule has 0 spiro atoms. The summed E-state index contributed by atoms with van der Waals surface area (Å²) in [5.41, 5.74) is -1.53. The predicted molar refractivity (Wildman–Crippen MR) is 61.3 cm³/mol. The van der Waals surface area contributed by atoms with Crippen molar-refractivity contribution in [1.82, 2.24) is 9.29 Å². The zero-order valence-corrected chi connectivity index (χ0v) is 11.1. The fourth-order valence-corrected chi connectivity index (χ4v) is 2.68. The van der Waals surface area contributed by atoms with E-state index in [0.717, 1.165) is 25.4 Å². The van der Waals surface area contributed by atoms with Gasteiger partial charge >= 0.3 is 12.1 Å². The molecule has 0 amide bonds. The second-order valence-corrected chi connectivity index (χ2v) is 5.83. The second-order valence-electron chi connectivity index (χ2n) is 3.82. The van der Waals surface area contributed by atoms with Gasteiger partial charge in [0, 0.05) is 19.8 Å². The van der Waals surface area contributed by atoms with Crippen LogP contribution in [0.5, 0.6) is 0 Å². The molecule has 1 aromatic heterocycles. The maximum atomic E-state index is 12.7. The lowest BCUT2D eigenvalue weighted by atomic mass is 10.3.